The SMILES string of the molecule is CCc1ccc(C(=O)NCC2CCCC(Cl)C2)s1. The molecule has 1 aliphatic carbocycles. The van der Waals surface area contributed by atoms with E-state index in [1.165, 1.54) is 17.7 Å². The van der Waals surface area contributed by atoms with Crippen LogP contribution in [-0.2, 0) is 6.42 Å². The molecule has 0 aliphatic heterocycles. The molecule has 0 bridgehead atoms. The number of amides is 1. The van der Waals surface area contributed by atoms with Crippen molar-refractivity contribution < 1.29 is 4.79 Å². The molecule has 2 unspecified atom stereocenters. The summed E-state index contributed by atoms with van der Waals surface area (Å²) in [6.07, 6.45) is 5.53. The standard InChI is InChI=1S/C14H20ClNOS/c1-2-12-6-7-13(18-12)14(17)16-9-10-4-3-5-11(15)8-10/h6-7,10-11H,2-5,8-9H2,1H3,(H,16,17). The van der Waals surface area contributed by atoms with Crippen molar-refractivity contribution in [2.45, 2.75) is 44.4 Å². The molecule has 0 radical (unpaired) electrons. The van der Waals surface area contributed by atoms with Crippen LogP contribution in [0.25, 0.3) is 0 Å². The second-order valence-corrected chi connectivity index (χ2v) is 6.74. The van der Waals surface area contributed by atoms with Gasteiger partial charge in [0, 0.05) is 16.8 Å². The normalized spacial score (nSPS) is 23.9. The molecule has 1 aliphatic rings. The summed E-state index contributed by atoms with van der Waals surface area (Å²) in [5, 5.41) is 3.34. The highest BCUT2D eigenvalue weighted by Gasteiger charge is 2.21. The minimum Gasteiger partial charge on any atom is -0.351 e. The van der Waals surface area contributed by atoms with E-state index in [4.69, 9.17) is 11.6 Å². The smallest absolute Gasteiger partial charge is 0.261 e. The summed E-state index contributed by atoms with van der Waals surface area (Å²) >= 11 is 7.75. The van der Waals surface area contributed by atoms with E-state index in [2.05, 4.69) is 12.2 Å². The van der Waals surface area contributed by atoms with Gasteiger partial charge in [0.15, 0.2) is 0 Å². The third kappa shape index (κ3) is 3.72. The Kier molecular flexibility index (Phi) is 5.07. The molecule has 4 heteroatoms. The van der Waals surface area contributed by atoms with Gasteiger partial charge in [0.25, 0.3) is 5.91 Å². The Labute approximate surface area is 118 Å². The molecular weight excluding hydrogens is 266 g/mol. The number of hydrogen-bond acceptors (Lipinski definition) is 2. The molecule has 18 heavy (non-hydrogen) atoms. The van der Waals surface area contributed by atoms with Gasteiger partial charge < -0.3 is 5.32 Å². The molecule has 2 atom stereocenters. The highest BCUT2D eigenvalue weighted by atomic mass is 35.5. The van der Waals surface area contributed by atoms with Gasteiger partial charge in [-0.15, -0.1) is 22.9 Å². The first-order valence-electron chi connectivity index (χ1n) is 6.70. The quantitative estimate of drug-likeness (QED) is 0.837. The van der Waals surface area contributed by atoms with E-state index in [-0.39, 0.29) is 5.91 Å². The summed E-state index contributed by atoms with van der Waals surface area (Å²) in [6, 6.07) is 3.96. The monoisotopic (exact) mass is 285 g/mol. The number of halogens is 1. The third-order valence-corrected chi connectivity index (χ3v) is 5.13. The highest BCUT2D eigenvalue weighted by Crippen LogP contribution is 2.27. The fraction of sp³-hybridized carbons (Fsp3) is 0.643. The number of nitrogens with one attached hydrogen (secondary N) is 1. The van der Waals surface area contributed by atoms with Crippen LogP contribution >= 0.6 is 22.9 Å². The predicted molar refractivity (Wildman–Crippen MR) is 77.6 cm³/mol. The summed E-state index contributed by atoms with van der Waals surface area (Å²) in [6.45, 7) is 2.87. The van der Waals surface area contributed by atoms with Gasteiger partial charge in [-0.05, 0) is 43.7 Å². The largest absolute Gasteiger partial charge is 0.351 e. The lowest BCUT2D eigenvalue weighted by molar-refractivity contribution is 0.0948. The van der Waals surface area contributed by atoms with Crippen molar-refractivity contribution in [3.63, 3.8) is 0 Å². The number of rotatable bonds is 4. The molecule has 100 valence electrons. The molecule has 1 aromatic rings. The van der Waals surface area contributed by atoms with Crippen molar-refractivity contribution in [3.8, 4) is 0 Å². The minimum atomic E-state index is 0.0661. The van der Waals surface area contributed by atoms with Gasteiger partial charge in [-0.1, -0.05) is 13.3 Å². The van der Waals surface area contributed by atoms with E-state index < -0.39 is 0 Å². The van der Waals surface area contributed by atoms with Crippen LogP contribution in [-0.4, -0.2) is 17.8 Å². The van der Waals surface area contributed by atoms with Crippen molar-refractivity contribution in [1.82, 2.24) is 5.32 Å². The molecule has 0 aromatic carbocycles. The third-order valence-electron chi connectivity index (χ3n) is 3.50. The molecule has 1 saturated carbocycles. The Hall–Kier alpha value is -0.540. The Morgan fingerprint density at radius 2 is 2.33 bits per heavy atom. The molecule has 0 saturated heterocycles. The predicted octanol–water partition coefficient (Wildman–Crippen LogP) is 3.84. The first-order valence-corrected chi connectivity index (χ1v) is 7.95. The Bertz CT molecular complexity index is 404. The van der Waals surface area contributed by atoms with E-state index in [0.717, 1.165) is 30.7 Å². The fourth-order valence-corrected chi connectivity index (χ4v) is 3.70. The molecule has 1 fully saturated rings. The summed E-state index contributed by atoms with van der Waals surface area (Å²) in [7, 11) is 0. The van der Waals surface area contributed by atoms with Crippen LogP contribution < -0.4 is 5.32 Å². The summed E-state index contributed by atoms with van der Waals surface area (Å²) in [4.78, 5) is 14.1. The van der Waals surface area contributed by atoms with Gasteiger partial charge in [-0.25, -0.2) is 0 Å². The number of alkyl halides is 1. The first kappa shape index (κ1) is 13.9. The number of aryl methyl sites for hydroxylation is 1. The second-order valence-electron chi connectivity index (χ2n) is 4.96. The van der Waals surface area contributed by atoms with Gasteiger partial charge >= 0.3 is 0 Å². The summed E-state index contributed by atoms with van der Waals surface area (Å²) < 4.78 is 0. The lowest BCUT2D eigenvalue weighted by Crippen LogP contribution is -2.31. The lowest BCUT2D eigenvalue weighted by Gasteiger charge is -2.25. The van der Waals surface area contributed by atoms with Crippen LogP contribution in [0, 0.1) is 5.92 Å². The van der Waals surface area contributed by atoms with Crippen molar-refractivity contribution in [3.05, 3.63) is 21.9 Å². The molecule has 2 nitrogen and oxygen atoms in total. The molecule has 1 heterocycles. The van der Waals surface area contributed by atoms with E-state index in [1.54, 1.807) is 11.3 Å². The molecule has 2 rings (SSSR count). The maximum Gasteiger partial charge on any atom is 0.261 e. The van der Waals surface area contributed by atoms with Gasteiger partial charge in [-0.3, -0.25) is 4.79 Å². The maximum absolute atomic E-state index is 12.0. The van der Waals surface area contributed by atoms with Crippen molar-refractivity contribution in [1.29, 1.82) is 0 Å². The average Bonchev–Trinajstić information content (AvgIpc) is 2.85. The van der Waals surface area contributed by atoms with Gasteiger partial charge in [-0.2, -0.15) is 0 Å². The van der Waals surface area contributed by atoms with Crippen molar-refractivity contribution >= 4 is 28.8 Å². The maximum atomic E-state index is 12.0. The Balaban J connectivity index is 1.80. The van der Waals surface area contributed by atoms with Crippen LogP contribution in [0.5, 0.6) is 0 Å². The zero-order valence-corrected chi connectivity index (χ0v) is 12.3. The zero-order chi connectivity index (χ0) is 13.0. The first-order chi connectivity index (χ1) is 8.69. The van der Waals surface area contributed by atoms with E-state index in [0.29, 0.717) is 11.3 Å². The topological polar surface area (TPSA) is 29.1 Å². The van der Waals surface area contributed by atoms with Crippen molar-refractivity contribution in [2.75, 3.05) is 6.54 Å². The second kappa shape index (κ2) is 6.58. The van der Waals surface area contributed by atoms with Gasteiger partial charge in [0.2, 0.25) is 0 Å². The van der Waals surface area contributed by atoms with Crippen LogP contribution in [0.4, 0.5) is 0 Å². The van der Waals surface area contributed by atoms with Gasteiger partial charge in [0.05, 0.1) is 4.88 Å². The Morgan fingerprint density at radius 1 is 1.50 bits per heavy atom. The van der Waals surface area contributed by atoms with Crippen LogP contribution in [0.1, 0.15) is 47.2 Å². The molecule has 1 amide bonds. The van der Waals surface area contributed by atoms with Crippen LogP contribution in [0.15, 0.2) is 12.1 Å². The summed E-state index contributed by atoms with van der Waals surface area (Å²) in [5.41, 5.74) is 0. The summed E-state index contributed by atoms with van der Waals surface area (Å²) in [5.74, 6) is 0.618. The Morgan fingerprint density at radius 3 is 3.00 bits per heavy atom. The molecular formula is C14H20ClNOS. The average molecular weight is 286 g/mol. The molecule has 1 aromatic heterocycles. The van der Waals surface area contributed by atoms with E-state index in [9.17, 15) is 4.79 Å². The van der Waals surface area contributed by atoms with Crippen LogP contribution in [0.3, 0.4) is 0 Å². The highest BCUT2D eigenvalue weighted by molar-refractivity contribution is 7.14. The lowest BCUT2D eigenvalue weighted by atomic mass is 9.89. The minimum absolute atomic E-state index is 0.0661. The molecule has 1 N–H and O–H groups in total. The number of thiophene rings is 1. The van der Waals surface area contributed by atoms with Crippen LogP contribution in [0.2, 0.25) is 0 Å². The number of hydrogen-bond donors (Lipinski definition) is 1. The van der Waals surface area contributed by atoms with E-state index >= 15 is 0 Å². The molecule has 0 spiro atoms. The fourth-order valence-electron chi connectivity index (χ4n) is 2.42. The zero-order valence-electron chi connectivity index (χ0n) is 10.7. The van der Waals surface area contributed by atoms with Gasteiger partial charge in [0.1, 0.15) is 0 Å². The van der Waals surface area contributed by atoms with Crippen molar-refractivity contribution in [2.24, 2.45) is 5.92 Å². The van der Waals surface area contributed by atoms with E-state index in [1.807, 2.05) is 12.1 Å². The number of carbonyl (C=O) groups is 1. The number of carbonyl (C=O) groups excluding carboxylic acids is 1.